The highest BCUT2D eigenvalue weighted by atomic mass is 35.6. The molecule has 1 rings (SSSR count). The molecule has 0 spiro atoms. The number of hydrogen-bond acceptors (Lipinski definition) is 9. The fourth-order valence-electron chi connectivity index (χ4n) is 1.82. The van der Waals surface area contributed by atoms with E-state index in [1.54, 1.807) is 20.8 Å². The highest BCUT2D eigenvalue weighted by molar-refractivity contribution is 7.53. The molecule has 1 unspecified atom stereocenters. The van der Waals surface area contributed by atoms with Crippen molar-refractivity contribution in [1.82, 2.24) is 20.3 Å². The molecular weight excluding hydrogens is 461 g/mol. The standard InChI is InChI=1S/C13H20Cl3N4O7P/c1-4-24-10(21)9-7-20(19-18-9)11(28(23,26-5-2)27-6-3)17-12(22)25-8-13(14,15)16/h7,11H,4-6,8H2,1-3H3,(H,17,22). The van der Waals surface area contributed by atoms with Gasteiger partial charge in [-0.15, -0.1) is 5.10 Å². The van der Waals surface area contributed by atoms with Crippen LogP contribution < -0.4 is 5.32 Å². The van der Waals surface area contributed by atoms with Gasteiger partial charge in [-0.05, 0) is 20.8 Å². The number of rotatable bonds is 10. The van der Waals surface area contributed by atoms with Crippen LogP contribution in [0, 0.1) is 0 Å². The molecule has 0 aliphatic rings. The number of amides is 1. The summed E-state index contributed by atoms with van der Waals surface area (Å²) in [5, 5.41) is 9.59. The van der Waals surface area contributed by atoms with E-state index in [1.165, 1.54) is 0 Å². The second-order valence-corrected chi connectivity index (χ2v) is 9.49. The van der Waals surface area contributed by atoms with Gasteiger partial charge in [0.1, 0.15) is 6.61 Å². The second-order valence-electron chi connectivity index (χ2n) is 4.89. The van der Waals surface area contributed by atoms with Crippen molar-refractivity contribution in [1.29, 1.82) is 0 Å². The van der Waals surface area contributed by atoms with Crippen LogP contribution in [0.3, 0.4) is 0 Å². The number of aromatic nitrogens is 3. The van der Waals surface area contributed by atoms with E-state index >= 15 is 0 Å². The van der Waals surface area contributed by atoms with Crippen LogP contribution in [0.1, 0.15) is 37.2 Å². The van der Waals surface area contributed by atoms with Crippen molar-refractivity contribution in [3.63, 3.8) is 0 Å². The molecule has 1 aromatic heterocycles. The molecule has 1 heterocycles. The fraction of sp³-hybridized carbons (Fsp3) is 0.692. The highest BCUT2D eigenvalue weighted by Gasteiger charge is 2.40. The van der Waals surface area contributed by atoms with Gasteiger partial charge in [0.05, 0.1) is 26.0 Å². The monoisotopic (exact) mass is 480 g/mol. The van der Waals surface area contributed by atoms with Crippen molar-refractivity contribution >= 4 is 54.5 Å². The number of esters is 1. The zero-order valence-electron chi connectivity index (χ0n) is 15.3. The van der Waals surface area contributed by atoms with Crippen molar-refractivity contribution in [2.45, 2.75) is 30.5 Å². The van der Waals surface area contributed by atoms with E-state index in [2.05, 4.69) is 15.6 Å². The Morgan fingerprint density at radius 1 is 1.18 bits per heavy atom. The van der Waals surface area contributed by atoms with Gasteiger partial charge in [0.15, 0.2) is 5.69 Å². The van der Waals surface area contributed by atoms with Crippen LogP contribution in [-0.4, -0.2) is 57.3 Å². The minimum absolute atomic E-state index is 0.00190. The number of ether oxygens (including phenoxy) is 2. The average Bonchev–Trinajstić information content (AvgIpc) is 3.07. The molecule has 0 fully saturated rings. The van der Waals surface area contributed by atoms with E-state index in [0.717, 1.165) is 10.9 Å². The Hall–Kier alpha value is -1.10. The lowest BCUT2D eigenvalue weighted by molar-refractivity contribution is 0.0519. The first kappa shape index (κ1) is 24.9. The van der Waals surface area contributed by atoms with E-state index < -0.39 is 36.0 Å². The van der Waals surface area contributed by atoms with Gasteiger partial charge in [-0.25, -0.2) is 14.3 Å². The molecule has 0 saturated heterocycles. The third-order valence-corrected chi connectivity index (χ3v) is 5.31. The van der Waals surface area contributed by atoms with Gasteiger partial charge >= 0.3 is 19.7 Å². The Labute approximate surface area is 176 Å². The molecule has 28 heavy (non-hydrogen) atoms. The number of hydrogen-bond donors (Lipinski definition) is 1. The predicted octanol–water partition coefficient (Wildman–Crippen LogP) is 3.27. The molecule has 15 heteroatoms. The number of alkyl halides is 3. The molecular formula is C13H20Cl3N4O7P. The number of carbonyl (C=O) groups is 2. The van der Waals surface area contributed by atoms with Gasteiger partial charge in [-0.1, -0.05) is 40.0 Å². The maximum absolute atomic E-state index is 13.2. The van der Waals surface area contributed by atoms with Crippen LogP contribution in [0.15, 0.2) is 6.20 Å². The van der Waals surface area contributed by atoms with Gasteiger partial charge in [-0.3, -0.25) is 9.88 Å². The van der Waals surface area contributed by atoms with Crippen LogP contribution in [-0.2, 0) is 23.1 Å². The maximum atomic E-state index is 13.2. The lowest BCUT2D eigenvalue weighted by atomic mass is 10.5. The van der Waals surface area contributed by atoms with E-state index in [4.69, 9.17) is 53.3 Å². The molecule has 0 radical (unpaired) electrons. The Bertz CT molecular complexity index is 703. The topological polar surface area (TPSA) is 131 Å². The van der Waals surface area contributed by atoms with Gasteiger partial charge in [-0.2, -0.15) is 0 Å². The van der Waals surface area contributed by atoms with Crippen molar-refractivity contribution in [2.24, 2.45) is 0 Å². The number of halogens is 3. The first-order valence-corrected chi connectivity index (χ1v) is 10.8. The fourth-order valence-corrected chi connectivity index (χ4v) is 3.72. The lowest BCUT2D eigenvalue weighted by Gasteiger charge is -2.26. The van der Waals surface area contributed by atoms with Gasteiger partial charge in [0.2, 0.25) is 9.70 Å². The predicted molar refractivity (Wildman–Crippen MR) is 101 cm³/mol. The normalized spacial score (nSPS) is 13.1. The molecule has 0 bridgehead atoms. The lowest BCUT2D eigenvalue weighted by Crippen LogP contribution is -2.35. The Morgan fingerprint density at radius 3 is 2.29 bits per heavy atom. The number of carbonyl (C=O) groups excluding carboxylic acids is 2. The smallest absolute Gasteiger partial charge is 0.409 e. The number of alkyl carbamates (subject to hydrolysis) is 1. The zero-order valence-corrected chi connectivity index (χ0v) is 18.4. The van der Waals surface area contributed by atoms with Gasteiger partial charge in [0, 0.05) is 0 Å². The molecule has 1 aromatic rings. The summed E-state index contributed by atoms with van der Waals surface area (Å²) in [6, 6.07) is 0. The van der Waals surface area contributed by atoms with Crippen LogP contribution in [0.25, 0.3) is 0 Å². The molecule has 0 aliphatic heterocycles. The summed E-state index contributed by atoms with van der Waals surface area (Å²) < 4.78 is 32.3. The SMILES string of the molecule is CCOC(=O)c1cn(C(NC(=O)OCC(Cl)(Cl)Cl)P(=O)(OCC)OCC)nn1. The molecule has 0 aliphatic carbocycles. The van der Waals surface area contributed by atoms with Crippen molar-refractivity contribution in [3.05, 3.63) is 11.9 Å². The van der Waals surface area contributed by atoms with Crippen LogP contribution >= 0.6 is 42.4 Å². The number of nitrogens with one attached hydrogen (secondary N) is 1. The van der Waals surface area contributed by atoms with Crippen LogP contribution in [0.5, 0.6) is 0 Å². The Morgan fingerprint density at radius 2 is 1.79 bits per heavy atom. The van der Waals surface area contributed by atoms with Gasteiger partial charge in [0.25, 0.3) is 0 Å². The third-order valence-electron chi connectivity index (χ3n) is 2.78. The van der Waals surface area contributed by atoms with Crippen LogP contribution in [0.2, 0.25) is 0 Å². The first-order chi connectivity index (χ1) is 13.1. The molecule has 1 amide bonds. The average molecular weight is 482 g/mol. The summed E-state index contributed by atoms with van der Waals surface area (Å²) in [7, 11) is -4.00. The van der Waals surface area contributed by atoms with Crippen molar-refractivity contribution < 1.29 is 32.7 Å². The minimum atomic E-state index is -4.00. The molecule has 11 nitrogen and oxygen atoms in total. The second kappa shape index (κ2) is 11.2. The minimum Gasteiger partial charge on any atom is -0.461 e. The summed E-state index contributed by atoms with van der Waals surface area (Å²) in [4.78, 5) is 23.9. The summed E-state index contributed by atoms with van der Waals surface area (Å²) in [5.41, 5.74) is -0.178. The maximum Gasteiger partial charge on any atom is 0.409 e. The van der Waals surface area contributed by atoms with E-state index in [0.29, 0.717) is 0 Å². The zero-order chi connectivity index (χ0) is 21.4. The Balaban J connectivity index is 3.15. The molecule has 0 saturated carbocycles. The number of nitrogens with zero attached hydrogens (tertiary/aromatic N) is 3. The molecule has 160 valence electrons. The molecule has 1 atom stereocenters. The molecule has 0 aromatic carbocycles. The summed E-state index contributed by atoms with van der Waals surface area (Å²) in [6.45, 7) is 4.31. The van der Waals surface area contributed by atoms with E-state index in [-0.39, 0.29) is 25.5 Å². The quantitative estimate of drug-likeness (QED) is 0.304. The first-order valence-electron chi connectivity index (χ1n) is 8.04. The summed E-state index contributed by atoms with van der Waals surface area (Å²) in [6.07, 6.45) is 0.0203. The van der Waals surface area contributed by atoms with Crippen LogP contribution in [0.4, 0.5) is 4.79 Å². The largest absolute Gasteiger partial charge is 0.461 e. The highest BCUT2D eigenvalue weighted by Crippen LogP contribution is 2.57. The van der Waals surface area contributed by atoms with E-state index in [9.17, 15) is 14.2 Å². The summed E-state index contributed by atoms with van der Waals surface area (Å²) >= 11 is 16.6. The van der Waals surface area contributed by atoms with Gasteiger partial charge < -0.3 is 18.5 Å². The van der Waals surface area contributed by atoms with Crippen molar-refractivity contribution in [3.8, 4) is 0 Å². The van der Waals surface area contributed by atoms with E-state index in [1.807, 2.05) is 0 Å². The summed E-state index contributed by atoms with van der Waals surface area (Å²) in [5.74, 6) is -2.26. The Kier molecular flexibility index (Phi) is 9.96. The molecule has 1 N–H and O–H groups in total. The third kappa shape index (κ3) is 7.73. The van der Waals surface area contributed by atoms with Crippen molar-refractivity contribution in [2.75, 3.05) is 26.4 Å².